The smallest absolute Gasteiger partial charge is 0.254 e. The second-order valence-electron chi connectivity index (χ2n) is 7.95. The summed E-state index contributed by atoms with van der Waals surface area (Å²) in [5, 5.41) is 0.156. The molecule has 0 bridgehead atoms. The summed E-state index contributed by atoms with van der Waals surface area (Å²) in [5.41, 5.74) is 1.44. The number of amides is 1. The fourth-order valence-electron chi connectivity index (χ4n) is 4.16. The lowest BCUT2D eigenvalue weighted by atomic mass is 10.1. The minimum atomic E-state index is -3.73. The molecule has 3 heterocycles. The van der Waals surface area contributed by atoms with Gasteiger partial charge in [0.2, 0.25) is 10.0 Å². The van der Waals surface area contributed by atoms with Gasteiger partial charge in [-0.1, -0.05) is 24.4 Å². The molecular weight excluding hydrogens is 436 g/mol. The molecule has 0 spiro atoms. The fourth-order valence-corrected chi connectivity index (χ4v) is 6.18. The lowest BCUT2D eigenvalue weighted by Crippen LogP contribution is -2.48. The fraction of sp³-hybridized carbons (Fsp3) is 0.455. The molecule has 0 atom stereocenters. The average Bonchev–Trinajstić information content (AvgIpc) is 3.10. The molecule has 2 aliphatic heterocycles. The number of benzene rings is 1. The van der Waals surface area contributed by atoms with E-state index < -0.39 is 10.0 Å². The molecule has 1 amide bonds. The van der Waals surface area contributed by atoms with Crippen LogP contribution in [0.15, 0.2) is 47.6 Å². The molecule has 0 unspecified atom stereocenters. The van der Waals surface area contributed by atoms with Gasteiger partial charge in [-0.15, -0.1) is 0 Å². The zero-order valence-corrected chi connectivity index (χ0v) is 19.0. The third-order valence-corrected chi connectivity index (χ3v) is 8.34. The summed E-state index contributed by atoms with van der Waals surface area (Å²) < 4.78 is 27.9. The van der Waals surface area contributed by atoms with Crippen LogP contribution in [-0.2, 0) is 10.0 Å². The van der Waals surface area contributed by atoms with Crippen molar-refractivity contribution in [2.24, 2.45) is 0 Å². The van der Waals surface area contributed by atoms with Crippen LogP contribution in [0, 0.1) is 0 Å². The van der Waals surface area contributed by atoms with Crippen LogP contribution in [0.25, 0.3) is 0 Å². The number of pyridine rings is 1. The van der Waals surface area contributed by atoms with E-state index in [4.69, 9.17) is 11.6 Å². The summed E-state index contributed by atoms with van der Waals surface area (Å²) in [4.78, 5) is 21.2. The van der Waals surface area contributed by atoms with E-state index >= 15 is 0 Å². The predicted octanol–water partition coefficient (Wildman–Crippen LogP) is 3.26. The standard InChI is InChI=1S/C22H27ClN4O3S/c23-20-6-5-18(17-21(20)31(29,30)27-11-3-1-2-4-12-27)22(28)26-15-13-25(14-16-26)19-7-9-24-10-8-19/h5-10,17H,1-4,11-16H2. The summed E-state index contributed by atoms with van der Waals surface area (Å²) in [6.45, 7) is 3.54. The molecule has 0 aliphatic carbocycles. The number of carbonyl (C=O) groups is 1. The van der Waals surface area contributed by atoms with Crippen molar-refractivity contribution in [1.29, 1.82) is 0 Å². The Morgan fingerprint density at radius 1 is 0.871 bits per heavy atom. The Balaban J connectivity index is 1.49. The first-order chi connectivity index (χ1) is 15.0. The highest BCUT2D eigenvalue weighted by Crippen LogP contribution is 2.28. The molecule has 0 radical (unpaired) electrons. The molecule has 1 aromatic heterocycles. The number of nitrogens with zero attached hydrogens (tertiary/aromatic N) is 4. The van der Waals surface area contributed by atoms with Gasteiger partial charge in [-0.2, -0.15) is 4.31 Å². The van der Waals surface area contributed by atoms with E-state index in [9.17, 15) is 13.2 Å². The molecule has 0 N–H and O–H groups in total. The van der Waals surface area contributed by atoms with Crippen LogP contribution in [-0.4, -0.2) is 67.8 Å². The van der Waals surface area contributed by atoms with Gasteiger partial charge in [0.1, 0.15) is 4.90 Å². The van der Waals surface area contributed by atoms with E-state index in [1.165, 1.54) is 16.4 Å². The van der Waals surface area contributed by atoms with Crippen molar-refractivity contribution in [2.75, 3.05) is 44.2 Å². The number of piperazine rings is 1. The largest absolute Gasteiger partial charge is 0.368 e. The molecule has 1 aromatic carbocycles. The van der Waals surface area contributed by atoms with E-state index in [-0.39, 0.29) is 15.8 Å². The minimum Gasteiger partial charge on any atom is -0.368 e. The van der Waals surface area contributed by atoms with Gasteiger partial charge >= 0.3 is 0 Å². The summed E-state index contributed by atoms with van der Waals surface area (Å²) in [6.07, 6.45) is 7.27. The van der Waals surface area contributed by atoms with Gasteiger partial charge in [-0.3, -0.25) is 9.78 Å². The van der Waals surface area contributed by atoms with E-state index in [0.29, 0.717) is 44.8 Å². The molecule has 9 heteroatoms. The van der Waals surface area contributed by atoms with Gasteiger partial charge in [0.15, 0.2) is 0 Å². The number of rotatable bonds is 4. The number of aromatic nitrogens is 1. The highest BCUT2D eigenvalue weighted by Gasteiger charge is 2.29. The maximum absolute atomic E-state index is 13.2. The first-order valence-electron chi connectivity index (χ1n) is 10.7. The molecule has 166 valence electrons. The number of carbonyl (C=O) groups excluding carboxylic acids is 1. The molecular formula is C22H27ClN4O3S. The van der Waals surface area contributed by atoms with Gasteiger partial charge in [-0.05, 0) is 43.2 Å². The Morgan fingerprint density at radius 2 is 1.52 bits per heavy atom. The molecule has 2 aromatic rings. The normalized spacial score (nSPS) is 18.6. The monoisotopic (exact) mass is 462 g/mol. The van der Waals surface area contributed by atoms with Crippen molar-refractivity contribution >= 4 is 33.2 Å². The topological polar surface area (TPSA) is 73.8 Å². The van der Waals surface area contributed by atoms with Gasteiger partial charge in [0.05, 0.1) is 5.02 Å². The van der Waals surface area contributed by atoms with E-state index in [1.807, 2.05) is 12.1 Å². The maximum atomic E-state index is 13.2. The second kappa shape index (κ2) is 9.54. The summed E-state index contributed by atoms with van der Waals surface area (Å²) in [7, 11) is -3.73. The Kier molecular flexibility index (Phi) is 6.79. The molecule has 2 aliphatic rings. The third kappa shape index (κ3) is 4.86. The van der Waals surface area contributed by atoms with Crippen LogP contribution in [0.3, 0.4) is 0 Å². The zero-order chi connectivity index (χ0) is 21.8. The van der Waals surface area contributed by atoms with Gasteiger partial charge in [0.25, 0.3) is 5.91 Å². The predicted molar refractivity (Wildman–Crippen MR) is 121 cm³/mol. The summed E-state index contributed by atoms with van der Waals surface area (Å²) >= 11 is 6.28. The van der Waals surface area contributed by atoms with Crippen molar-refractivity contribution in [3.8, 4) is 0 Å². The first-order valence-corrected chi connectivity index (χ1v) is 12.5. The van der Waals surface area contributed by atoms with Crippen LogP contribution >= 0.6 is 11.6 Å². The zero-order valence-electron chi connectivity index (χ0n) is 17.4. The highest BCUT2D eigenvalue weighted by molar-refractivity contribution is 7.89. The Bertz CT molecular complexity index is 1020. The number of hydrogen-bond donors (Lipinski definition) is 0. The number of sulfonamides is 1. The van der Waals surface area contributed by atoms with E-state index in [1.54, 1.807) is 23.4 Å². The molecule has 31 heavy (non-hydrogen) atoms. The Morgan fingerprint density at radius 3 is 2.16 bits per heavy atom. The SMILES string of the molecule is O=C(c1ccc(Cl)c(S(=O)(=O)N2CCCCCC2)c1)N1CCN(c2ccncc2)CC1. The average molecular weight is 463 g/mol. The quantitative estimate of drug-likeness (QED) is 0.697. The molecule has 7 nitrogen and oxygen atoms in total. The van der Waals surface area contributed by atoms with Crippen LogP contribution in [0.5, 0.6) is 0 Å². The van der Waals surface area contributed by atoms with Crippen molar-refractivity contribution in [2.45, 2.75) is 30.6 Å². The first kappa shape index (κ1) is 22.0. The minimum absolute atomic E-state index is 0.0253. The lowest BCUT2D eigenvalue weighted by molar-refractivity contribution is 0.0746. The summed E-state index contributed by atoms with van der Waals surface area (Å²) in [5.74, 6) is -0.168. The Labute approximate surface area is 188 Å². The highest BCUT2D eigenvalue weighted by atomic mass is 35.5. The lowest BCUT2D eigenvalue weighted by Gasteiger charge is -2.36. The van der Waals surface area contributed by atoms with Crippen LogP contribution in [0.2, 0.25) is 5.02 Å². The van der Waals surface area contributed by atoms with Crippen molar-refractivity contribution in [3.05, 3.63) is 53.3 Å². The third-order valence-electron chi connectivity index (χ3n) is 5.96. The molecule has 2 saturated heterocycles. The number of hydrogen-bond acceptors (Lipinski definition) is 5. The molecule has 2 fully saturated rings. The van der Waals surface area contributed by atoms with Crippen molar-refractivity contribution in [1.82, 2.24) is 14.2 Å². The number of anilines is 1. The Hall–Kier alpha value is -2.16. The van der Waals surface area contributed by atoms with Crippen LogP contribution < -0.4 is 4.90 Å². The summed E-state index contributed by atoms with van der Waals surface area (Å²) in [6, 6.07) is 8.49. The van der Waals surface area contributed by atoms with Gasteiger partial charge < -0.3 is 9.80 Å². The maximum Gasteiger partial charge on any atom is 0.254 e. The molecule has 0 saturated carbocycles. The number of halogens is 1. The van der Waals surface area contributed by atoms with Gasteiger partial charge in [0, 0.05) is 62.9 Å². The second-order valence-corrected chi connectivity index (χ2v) is 10.3. The van der Waals surface area contributed by atoms with Crippen molar-refractivity contribution < 1.29 is 13.2 Å². The van der Waals surface area contributed by atoms with Crippen LogP contribution in [0.1, 0.15) is 36.0 Å². The van der Waals surface area contributed by atoms with Gasteiger partial charge in [-0.25, -0.2) is 8.42 Å². The van der Waals surface area contributed by atoms with E-state index in [2.05, 4.69) is 9.88 Å². The van der Waals surface area contributed by atoms with Crippen LogP contribution in [0.4, 0.5) is 5.69 Å². The molecule has 4 rings (SSSR count). The van der Waals surface area contributed by atoms with Crippen molar-refractivity contribution in [3.63, 3.8) is 0 Å². The van der Waals surface area contributed by atoms with E-state index in [0.717, 1.165) is 31.4 Å².